The van der Waals surface area contributed by atoms with E-state index in [0.717, 1.165) is 5.56 Å². The molecule has 0 unspecified atom stereocenters. The smallest absolute Gasteiger partial charge is 0.257 e. The SMILES string of the molecule is Cc1cc2cc(C(=O)N(Cc3ccc(Cl)cn3)[C@H](C)c3ncccn3)c(F)cc2nc1N. The third-order valence-electron chi connectivity index (χ3n) is 5.17. The number of carbonyl (C=O) groups excluding carboxylic acids is 1. The van der Waals surface area contributed by atoms with E-state index in [4.69, 9.17) is 17.3 Å². The molecule has 0 aliphatic heterocycles. The Morgan fingerprint density at radius 2 is 1.94 bits per heavy atom. The number of fused-ring (bicyclic) bond motifs is 1. The first-order valence-corrected chi connectivity index (χ1v) is 10.3. The summed E-state index contributed by atoms with van der Waals surface area (Å²) in [6.45, 7) is 3.71. The van der Waals surface area contributed by atoms with Gasteiger partial charge in [-0.1, -0.05) is 11.6 Å². The summed E-state index contributed by atoms with van der Waals surface area (Å²) >= 11 is 5.94. The minimum Gasteiger partial charge on any atom is -0.383 e. The maximum atomic E-state index is 15.0. The van der Waals surface area contributed by atoms with Crippen molar-refractivity contribution in [3.05, 3.63) is 88.5 Å². The van der Waals surface area contributed by atoms with Gasteiger partial charge in [-0.15, -0.1) is 0 Å². The molecule has 4 aromatic rings. The van der Waals surface area contributed by atoms with Crippen molar-refractivity contribution >= 4 is 34.2 Å². The van der Waals surface area contributed by atoms with E-state index in [1.54, 1.807) is 50.5 Å². The molecule has 0 aliphatic carbocycles. The van der Waals surface area contributed by atoms with E-state index in [9.17, 15) is 4.79 Å². The van der Waals surface area contributed by atoms with Gasteiger partial charge in [-0.05, 0) is 49.7 Å². The number of nitrogens with zero attached hydrogens (tertiary/aromatic N) is 5. The lowest BCUT2D eigenvalue weighted by molar-refractivity contribution is 0.0658. The first kappa shape index (κ1) is 21.6. The van der Waals surface area contributed by atoms with Crippen LogP contribution in [-0.4, -0.2) is 30.7 Å². The number of hydrogen-bond donors (Lipinski definition) is 1. The van der Waals surface area contributed by atoms with Gasteiger partial charge in [-0.25, -0.2) is 19.3 Å². The molecule has 7 nitrogen and oxygen atoms in total. The zero-order valence-electron chi connectivity index (χ0n) is 17.5. The fourth-order valence-corrected chi connectivity index (χ4v) is 3.47. The molecule has 3 aromatic heterocycles. The van der Waals surface area contributed by atoms with Gasteiger partial charge >= 0.3 is 0 Å². The summed E-state index contributed by atoms with van der Waals surface area (Å²) in [4.78, 5) is 32.1. The van der Waals surface area contributed by atoms with Crippen molar-refractivity contribution < 1.29 is 9.18 Å². The van der Waals surface area contributed by atoms with Crippen LogP contribution in [0.3, 0.4) is 0 Å². The van der Waals surface area contributed by atoms with Gasteiger partial charge < -0.3 is 10.6 Å². The normalized spacial score (nSPS) is 12.0. The Bertz CT molecular complexity index is 1280. The number of pyridine rings is 2. The third-order valence-corrected chi connectivity index (χ3v) is 5.40. The monoisotopic (exact) mass is 450 g/mol. The van der Waals surface area contributed by atoms with Crippen molar-refractivity contribution in [2.45, 2.75) is 26.4 Å². The average molecular weight is 451 g/mol. The summed E-state index contributed by atoms with van der Waals surface area (Å²) in [6.07, 6.45) is 4.69. The summed E-state index contributed by atoms with van der Waals surface area (Å²) in [7, 11) is 0. The predicted octanol–water partition coefficient (Wildman–Crippen LogP) is 4.51. The Balaban J connectivity index is 1.77. The van der Waals surface area contributed by atoms with E-state index in [2.05, 4.69) is 19.9 Å². The minimum atomic E-state index is -0.687. The Kier molecular flexibility index (Phi) is 5.96. The molecule has 9 heteroatoms. The van der Waals surface area contributed by atoms with E-state index in [-0.39, 0.29) is 12.1 Å². The lowest BCUT2D eigenvalue weighted by Gasteiger charge is -2.28. The second-order valence-corrected chi connectivity index (χ2v) is 7.84. The number of halogens is 2. The van der Waals surface area contributed by atoms with Crippen molar-refractivity contribution in [2.24, 2.45) is 0 Å². The first-order valence-electron chi connectivity index (χ1n) is 9.88. The van der Waals surface area contributed by atoms with Gasteiger partial charge in [0.1, 0.15) is 17.5 Å². The van der Waals surface area contributed by atoms with Crippen LogP contribution in [0.25, 0.3) is 10.9 Å². The molecule has 0 aliphatic rings. The Morgan fingerprint density at radius 3 is 2.62 bits per heavy atom. The molecule has 0 saturated heterocycles. The van der Waals surface area contributed by atoms with Gasteiger partial charge in [-0.2, -0.15) is 0 Å². The van der Waals surface area contributed by atoms with E-state index in [0.29, 0.717) is 33.3 Å². The number of amides is 1. The summed E-state index contributed by atoms with van der Waals surface area (Å²) in [5.74, 6) is -0.452. The van der Waals surface area contributed by atoms with Crippen LogP contribution in [0.4, 0.5) is 10.2 Å². The topological polar surface area (TPSA) is 97.9 Å². The number of aromatic nitrogens is 4. The highest BCUT2D eigenvalue weighted by molar-refractivity contribution is 6.30. The van der Waals surface area contributed by atoms with Gasteiger partial charge in [0.15, 0.2) is 0 Å². The molecular formula is C23H20ClFN6O. The second-order valence-electron chi connectivity index (χ2n) is 7.40. The standard InChI is InChI=1S/C23H20ClFN6O/c1-13-8-15-9-18(19(25)10-20(15)30-21(13)26)23(32)31(12-17-5-4-16(24)11-29-17)14(2)22-27-6-3-7-28-22/h3-11,14H,12H2,1-2H3,(H2,26,30)/t14-/m1/s1. The first-order chi connectivity index (χ1) is 15.3. The molecule has 1 aromatic carbocycles. The van der Waals surface area contributed by atoms with Gasteiger partial charge in [0.2, 0.25) is 0 Å². The van der Waals surface area contributed by atoms with Gasteiger partial charge in [0.25, 0.3) is 5.91 Å². The maximum absolute atomic E-state index is 15.0. The third kappa shape index (κ3) is 4.36. The summed E-state index contributed by atoms with van der Waals surface area (Å²) in [6, 6.07) is 9.05. The molecule has 0 saturated carbocycles. The van der Waals surface area contributed by atoms with Gasteiger partial charge in [0.05, 0.1) is 34.4 Å². The highest BCUT2D eigenvalue weighted by Gasteiger charge is 2.27. The molecule has 4 rings (SSSR count). The molecule has 162 valence electrons. The number of hydrogen-bond acceptors (Lipinski definition) is 6. The number of benzene rings is 1. The second kappa shape index (κ2) is 8.84. The maximum Gasteiger partial charge on any atom is 0.257 e. The van der Waals surface area contributed by atoms with Crippen molar-refractivity contribution in [3.8, 4) is 0 Å². The molecule has 0 spiro atoms. The lowest BCUT2D eigenvalue weighted by Crippen LogP contribution is -2.35. The zero-order chi connectivity index (χ0) is 22.8. The predicted molar refractivity (Wildman–Crippen MR) is 120 cm³/mol. The van der Waals surface area contributed by atoms with Crippen molar-refractivity contribution in [3.63, 3.8) is 0 Å². The summed E-state index contributed by atoms with van der Waals surface area (Å²) in [5, 5.41) is 1.10. The van der Waals surface area contributed by atoms with Crippen LogP contribution in [0.15, 0.2) is 55.0 Å². The molecule has 0 fully saturated rings. The van der Waals surface area contributed by atoms with E-state index in [1.807, 2.05) is 0 Å². The van der Waals surface area contributed by atoms with Crippen molar-refractivity contribution in [2.75, 3.05) is 5.73 Å². The number of carbonyl (C=O) groups is 1. The Morgan fingerprint density at radius 1 is 1.19 bits per heavy atom. The van der Waals surface area contributed by atoms with E-state index in [1.165, 1.54) is 23.2 Å². The quantitative estimate of drug-likeness (QED) is 0.480. The molecule has 1 amide bonds. The summed E-state index contributed by atoms with van der Waals surface area (Å²) < 4.78 is 15.0. The summed E-state index contributed by atoms with van der Waals surface area (Å²) in [5.41, 5.74) is 7.48. The van der Waals surface area contributed by atoms with Crippen LogP contribution < -0.4 is 5.73 Å². The number of nitrogens with two attached hydrogens (primary N) is 1. The van der Waals surface area contributed by atoms with Crippen LogP contribution in [0.5, 0.6) is 0 Å². The highest BCUT2D eigenvalue weighted by Crippen LogP contribution is 2.26. The van der Waals surface area contributed by atoms with Crippen molar-refractivity contribution in [1.29, 1.82) is 0 Å². The van der Waals surface area contributed by atoms with Crippen molar-refractivity contribution in [1.82, 2.24) is 24.8 Å². The lowest BCUT2D eigenvalue weighted by atomic mass is 10.1. The zero-order valence-corrected chi connectivity index (χ0v) is 18.2. The number of nitrogen functional groups attached to an aromatic ring is 1. The molecule has 32 heavy (non-hydrogen) atoms. The minimum absolute atomic E-state index is 0.0831. The van der Waals surface area contributed by atoms with Crippen LogP contribution in [-0.2, 0) is 6.54 Å². The van der Waals surface area contributed by atoms with Gasteiger partial charge in [-0.3, -0.25) is 9.78 Å². The molecule has 0 bridgehead atoms. The Hall–Kier alpha value is -3.65. The highest BCUT2D eigenvalue weighted by atomic mass is 35.5. The molecular weight excluding hydrogens is 431 g/mol. The van der Waals surface area contributed by atoms with Crippen LogP contribution >= 0.6 is 11.6 Å². The van der Waals surface area contributed by atoms with E-state index < -0.39 is 17.8 Å². The van der Waals surface area contributed by atoms with Crippen LogP contribution in [0, 0.1) is 12.7 Å². The number of aryl methyl sites for hydroxylation is 1. The molecule has 1 atom stereocenters. The molecule has 2 N–H and O–H groups in total. The molecule has 0 radical (unpaired) electrons. The number of anilines is 1. The number of rotatable bonds is 5. The largest absolute Gasteiger partial charge is 0.383 e. The van der Waals surface area contributed by atoms with Crippen LogP contribution in [0.1, 0.15) is 40.4 Å². The van der Waals surface area contributed by atoms with Crippen LogP contribution in [0.2, 0.25) is 5.02 Å². The average Bonchev–Trinajstić information content (AvgIpc) is 2.79. The Labute approximate surface area is 189 Å². The molecule has 3 heterocycles. The van der Waals surface area contributed by atoms with Gasteiger partial charge in [0, 0.05) is 30.0 Å². The van der Waals surface area contributed by atoms with E-state index >= 15 is 4.39 Å². The fraction of sp³-hybridized carbons (Fsp3) is 0.174. The fourth-order valence-electron chi connectivity index (χ4n) is 3.36.